The summed E-state index contributed by atoms with van der Waals surface area (Å²) in [6.45, 7) is 0.461. The molecule has 0 N–H and O–H groups in total. The number of aromatic nitrogens is 3. The van der Waals surface area contributed by atoms with Crippen molar-refractivity contribution >= 4 is 23.0 Å². The Kier molecular flexibility index (Phi) is 3.98. The average molecular weight is 382 g/mol. The lowest BCUT2D eigenvalue weighted by molar-refractivity contribution is -0.612. The van der Waals surface area contributed by atoms with Gasteiger partial charge in [-0.1, -0.05) is 4.98 Å². The summed E-state index contributed by atoms with van der Waals surface area (Å²) in [6.07, 6.45) is -2.67. The third-order valence-corrected chi connectivity index (χ3v) is 5.23. The summed E-state index contributed by atoms with van der Waals surface area (Å²) in [6, 6.07) is 7.19. The number of rotatable bonds is 3. The second kappa shape index (κ2) is 6.08. The van der Waals surface area contributed by atoms with Gasteiger partial charge in [-0.05, 0) is 19.1 Å². The molecular weight excluding hydrogens is 367 g/mol. The predicted octanol–water partition coefficient (Wildman–Crippen LogP) is 3.58. The first-order chi connectivity index (χ1) is 12.4. The minimum absolute atomic E-state index is 0.236. The summed E-state index contributed by atoms with van der Waals surface area (Å²) in [4.78, 5) is 4.65. The Labute approximate surface area is 151 Å². The molecule has 3 heterocycles. The molecule has 0 radical (unpaired) electrons. The van der Waals surface area contributed by atoms with Crippen LogP contribution in [0.3, 0.4) is 0 Å². The molecule has 0 spiro atoms. The normalized spacial score (nSPS) is 13.4. The van der Waals surface area contributed by atoms with Gasteiger partial charge in [-0.3, -0.25) is 0 Å². The lowest BCUT2D eigenvalue weighted by Gasteiger charge is -2.18. The van der Waals surface area contributed by atoms with Crippen LogP contribution < -0.4 is 14.0 Å². The Bertz CT molecular complexity index is 1000. The van der Waals surface area contributed by atoms with Crippen molar-refractivity contribution in [2.75, 3.05) is 13.7 Å². The van der Waals surface area contributed by atoms with Crippen LogP contribution in [0.5, 0.6) is 11.5 Å². The van der Waals surface area contributed by atoms with Crippen LogP contribution in [0.25, 0.3) is 17.0 Å². The number of halogens is 3. The zero-order chi connectivity index (χ0) is 18.5. The largest absolute Gasteiger partial charge is 0.497 e. The maximum Gasteiger partial charge on any atom is 0.422 e. The van der Waals surface area contributed by atoms with Gasteiger partial charge in [0.05, 0.1) is 19.1 Å². The number of imidazole rings is 1. The highest BCUT2D eigenvalue weighted by molar-refractivity contribution is 7.97. The van der Waals surface area contributed by atoms with Gasteiger partial charge in [0.2, 0.25) is 0 Å². The third-order valence-electron chi connectivity index (χ3n) is 4.21. The Hall–Kier alpha value is -2.42. The smallest absolute Gasteiger partial charge is 0.422 e. The average Bonchev–Trinajstić information content (AvgIpc) is 2.98. The van der Waals surface area contributed by atoms with E-state index in [4.69, 9.17) is 9.47 Å². The van der Waals surface area contributed by atoms with Gasteiger partial charge in [-0.25, -0.2) is 4.57 Å². The topological polar surface area (TPSA) is 40.2 Å². The maximum atomic E-state index is 12.4. The molecule has 5 nitrogen and oxygen atoms in total. The summed E-state index contributed by atoms with van der Waals surface area (Å²) in [5.74, 6) is 2.26. The maximum absolute atomic E-state index is 12.4. The number of hydrogen-bond donors (Lipinski definition) is 0. The van der Waals surface area contributed by atoms with Gasteiger partial charge >= 0.3 is 12.1 Å². The zero-order valence-corrected chi connectivity index (χ0v) is 14.8. The number of nitrogens with zero attached hydrogens (tertiary/aromatic N) is 3. The molecule has 3 aromatic rings. The molecule has 26 heavy (non-hydrogen) atoms. The second-order valence-electron chi connectivity index (χ2n) is 5.86. The van der Waals surface area contributed by atoms with E-state index in [0.717, 1.165) is 22.5 Å². The van der Waals surface area contributed by atoms with Crippen LogP contribution in [-0.2, 0) is 5.75 Å². The number of alkyl halides is 3. The summed E-state index contributed by atoms with van der Waals surface area (Å²) in [5.41, 5.74) is 3.30. The zero-order valence-electron chi connectivity index (χ0n) is 14.0. The molecule has 9 heteroatoms. The fourth-order valence-corrected chi connectivity index (χ4v) is 4.05. The molecule has 0 atom stereocenters. The number of hydrogen-bond acceptors (Lipinski definition) is 4. The van der Waals surface area contributed by atoms with Gasteiger partial charge in [0.1, 0.15) is 17.2 Å². The minimum atomic E-state index is -4.36. The second-order valence-corrected chi connectivity index (χ2v) is 6.77. The molecule has 0 fully saturated rings. The molecule has 0 saturated carbocycles. The van der Waals surface area contributed by atoms with Crippen LogP contribution >= 0.6 is 11.9 Å². The van der Waals surface area contributed by atoms with E-state index in [1.807, 2.05) is 26.7 Å². The van der Waals surface area contributed by atoms with Crippen LogP contribution in [0.1, 0.15) is 11.3 Å². The van der Waals surface area contributed by atoms with E-state index in [1.54, 1.807) is 26.3 Å². The monoisotopic (exact) mass is 382 g/mol. The molecule has 1 aliphatic rings. The van der Waals surface area contributed by atoms with Gasteiger partial charge < -0.3 is 9.47 Å². The Morgan fingerprint density at radius 2 is 2.12 bits per heavy atom. The predicted molar refractivity (Wildman–Crippen MR) is 90.8 cm³/mol. The molecule has 4 rings (SSSR count). The van der Waals surface area contributed by atoms with Crippen LogP contribution in [0.15, 0.2) is 30.5 Å². The lowest BCUT2D eigenvalue weighted by atomic mass is 10.2. The van der Waals surface area contributed by atoms with Gasteiger partial charge in [-0.2, -0.15) is 17.1 Å². The molecule has 2 aromatic heterocycles. The van der Waals surface area contributed by atoms with Crippen molar-refractivity contribution < 1.29 is 27.2 Å². The third kappa shape index (κ3) is 2.86. The SMILES string of the molecule is COc1ccc2nc3n(c2c1)SCc1c(C)c(OCC(F)(F)F)cc[n+]1-3. The molecule has 0 aliphatic carbocycles. The number of benzene rings is 1. The minimum Gasteiger partial charge on any atom is -0.497 e. The first-order valence-corrected chi connectivity index (χ1v) is 8.75. The lowest BCUT2D eigenvalue weighted by Crippen LogP contribution is -2.41. The van der Waals surface area contributed by atoms with Crippen molar-refractivity contribution in [3.8, 4) is 17.4 Å². The highest BCUT2D eigenvalue weighted by Gasteiger charge is 2.32. The summed E-state index contributed by atoms with van der Waals surface area (Å²) < 4.78 is 51.4. The van der Waals surface area contributed by atoms with E-state index in [9.17, 15) is 13.2 Å². The Balaban J connectivity index is 1.77. The van der Waals surface area contributed by atoms with Crippen molar-refractivity contribution in [1.82, 2.24) is 8.96 Å². The number of ether oxygens (including phenoxy) is 2. The summed E-state index contributed by atoms with van der Waals surface area (Å²) in [5, 5.41) is 0. The summed E-state index contributed by atoms with van der Waals surface area (Å²) in [7, 11) is 1.61. The van der Waals surface area contributed by atoms with Crippen molar-refractivity contribution in [3.63, 3.8) is 0 Å². The van der Waals surface area contributed by atoms with E-state index in [0.29, 0.717) is 17.3 Å². The number of pyridine rings is 1. The molecule has 1 aliphatic heterocycles. The van der Waals surface area contributed by atoms with E-state index in [2.05, 4.69) is 4.98 Å². The van der Waals surface area contributed by atoms with Crippen LogP contribution in [-0.4, -0.2) is 28.8 Å². The van der Waals surface area contributed by atoms with Crippen molar-refractivity contribution in [3.05, 3.63) is 41.7 Å². The van der Waals surface area contributed by atoms with Crippen LogP contribution in [0, 0.1) is 6.92 Å². The van der Waals surface area contributed by atoms with Gasteiger partial charge in [0.15, 0.2) is 17.6 Å². The fourth-order valence-electron chi connectivity index (χ4n) is 2.91. The van der Waals surface area contributed by atoms with E-state index >= 15 is 0 Å². The molecule has 0 amide bonds. The quantitative estimate of drug-likeness (QED) is 0.650. The van der Waals surface area contributed by atoms with E-state index in [-0.39, 0.29) is 5.75 Å². The molecule has 136 valence electrons. The first-order valence-electron chi connectivity index (χ1n) is 7.81. The van der Waals surface area contributed by atoms with Crippen molar-refractivity contribution in [2.24, 2.45) is 0 Å². The van der Waals surface area contributed by atoms with Crippen molar-refractivity contribution in [2.45, 2.75) is 18.9 Å². The highest BCUT2D eigenvalue weighted by atomic mass is 32.2. The standard InChI is InChI=1S/C17H15F3N3O2S/c1-10-14-8-26-23-13-7-11(24-2)3-4-12(13)21-16(23)22(14)6-5-15(10)25-9-17(18,19)20/h3-7H,8-9H2,1-2H3/q+1. The number of methoxy groups -OCH3 is 1. The fraction of sp³-hybridized carbons (Fsp3) is 0.294. The first kappa shape index (κ1) is 17.0. The van der Waals surface area contributed by atoms with Gasteiger partial charge in [0.25, 0.3) is 0 Å². The molecule has 0 bridgehead atoms. The Morgan fingerprint density at radius 3 is 2.85 bits per heavy atom. The Morgan fingerprint density at radius 1 is 1.31 bits per heavy atom. The van der Waals surface area contributed by atoms with Gasteiger partial charge in [-0.15, -0.1) is 0 Å². The molecular formula is C17H15F3N3O2S+. The van der Waals surface area contributed by atoms with Gasteiger partial charge in [0, 0.05) is 29.6 Å². The molecule has 0 saturated heterocycles. The molecule has 1 aromatic carbocycles. The highest BCUT2D eigenvalue weighted by Crippen LogP contribution is 2.33. The van der Waals surface area contributed by atoms with E-state index in [1.165, 1.54) is 11.9 Å². The van der Waals surface area contributed by atoms with Crippen LogP contribution in [0.2, 0.25) is 0 Å². The van der Waals surface area contributed by atoms with Crippen LogP contribution in [0.4, 0.5) is 13.2 Å². The molecule has 0 unspecified atom stereocenters. The number of fused-ring (bicyclic) bond motifs is 5. The summed E-state index contributed by atoms with van der Waals surface area (Å²) >= 11 is 1.53. The van der Waals surface area contributed by atoms with Crippen molar-refractivity contribution in [1.29, 1.82) is 0 Å². The van der Waals surface area contributed by atoms with E-state index < -0.39 is 12.8 Å².